The molecule has 4 rings (SSSR count). The lowest BCUT2D eigenvalue weighted by Crippen LogP contribution is -2.51. The lowest BCUT2D eigenvalue weighted by Gasteiger charge is -2.39. The third-order valence-electron chi connectivity index (χ3n) is 5.33. The van der Waals surface area contributed by atoms with E-state index in [9.17, 15) is 18.0 Å². The number of carbonyl (C=O) groups is 1. The summed E-state index contributed by atoms with van der Waals surface area (Å²) in [5.41, 5.74) is 0.0144. The highest BCUT2D eigenvalue weighted by molar-refractivity contribution is 6.00. The molecule has 1 aliphatic rings. The molecule has 166 valence electrons. The minimum absolute atomic E-state index is 0.0118. The Balaban J connectivity index is 1.53. The molecule has 2 atom stereocenters. The number of likely N-dealkylation sites (tertiary alicyclic amines) is 1. The van der Waals surface area contributed by atoms with Gasteiger partial charge < -0.3 is 9.64 Å². The number of piperidine rings is 1. The van der Waals surface area contributed by atoms with Gasteiger partial charge in [0.1, 0.15) is 6.10 Å². The third-order valence-corrected chi connectivity index (χ3v) is 5.33. The molecule has 0 N–H and O–H groups in total. The first-order valence-corrected chi connectivity index (χ1v) is 10.1. The van der Waals surface area contributed by atoms with Crippen LogP contribution in [0.5, 0.6) is 5.88 Å². The van der Waals surface area contributed by atoms with E-state index in [1.165, 1.54) is 0 Å². The molecule has 32 heavy (non-hydrogen) atoms. The largest absolute Gasteiger partial charge is 0.471 e. The van der Waals surface area contributed by atoms with Crippen LogP contribution in [0.3, 0.4) is 0 Å². The molecule has 0 aliphatic carbocycles. The number of hydrogen-bond acceptors (Lipinski definition) is 6. The SMILES string of the molecule is CC1C(Oc2cnc(C(F)(F)F)cn2)CCCN1C(=O)c1ccccc1-c1ncccn1. The van der Waals surface area contributed by atoms with Crippen molar-refractivity contribution >= 4 is 5.91 Å². The van der Waals surface area contributed by atoms with Crippen LogP contribution in [-0.4, -0.2) is 49.4 Å². The summed E-state index contributed by atoms with van der Waals surface area (Å²) in [6.45, 7) is 2.38. The van der Waals surface area contributed by atoms with Crippen LogP contribution in [0.25, 0.3) is 11.4 Å². The molecule has 0 spiro atoms. The molecule has 2 unspecified atom stereocenters. The first kappa shape index (κ1) is 21.7. The first-order valence-electron chi connectivity index (χ1n) is 10.1. The summed E-state index contributed by atoms with van der Waals surface area (Å²) in [5.74, 6) is 0.253. The van der Waals surface area contributed by atoms with Crippen molar-refractivity contribution in [2.24, 2.45) is 0 Å². The van der Waals surface area contributed by atoms with E-state index in [1.807, 2.05) is 13.0 Å². The predicted octanol–water partition coefficient (Wildman–Crippen LogP) is 4.02. The highest BCUT2D eigenvalue weighted by Gasteiger charge is 2.35. The summed E-state index contributed by atoms with van der Waals surface area (Å²) in [6, 6.07) is 8.49. The molecule has 3 aromatic rings. The first-order chi connectivity index (χ1) is 15.3. The fourth-order valence-electron chi connectivity index (χ4n) is 3.69. The average molecular weight is 443 g/mol. The van der Waals surface area contributed by atoms with Gasteiger partial charge in [-0.05, 0) is 31.9 Å². The molecule has 1 amide bonds. The molecule has 0 saturated carbocycles. The number of aromatic nitrogens is 4. The quantitative estimate of drug-likeness (QED) is 0.606. The summed E-state index contributed by atoms with van der Waals surface area (Å²) in [7, 11) is 0. The molecule has 1 aliphatic heterocycles. The van der Waals surface area contributed by atoms with Gasteiger partial charge in [-0.15, -0.1) is 0 Å². The lowest BCUT2D eigenvalue weighted by molar-refractivity contribution is -0.141. The second kappa shape index (κ2) is 8.89. The van der Waals surface area contributed by atoms with Crippen molar-refractivity contribution in [1.82, 2.24) is 24.8 Å². The zero-order valence-corrected chi connectivity index (χ0v) is 17.2. The van der Waals surface area contributed by atoms with Crippen LogP contribution in [0.2, 0.25) is 0 Å². The Hall–Kier alpha value is -3.56. The molecular formula is C22H20F3N5O2. The van der Waals surface area contributed by atoms with E-state index < -0.39 is 18.0 Å². The molecule has 0 radical (unpaired) electrons. The maximum Gasteiger partial charge on any atom is 0.434 e. The molecule has 1 fully saturated rings. The van der Waals surface area contributed by atoms with Crippen LogP contribution in [0.15, 0.2) is 55.1 Å². The van der Waals surface area contributed by atoms with Gasteiger partial charge in [0.2, 0.25) is 5.88 Å². The Bertz CT molecular complexity index is 1080. The number of halogens is 3. The van der Waals surface area contributed by atoms with Gasteiger partial charge in [-0.2, -0.15) is 13.2 Å². The standard InChI is InChI=1S/C22H20F3N5O2/c1-14-17(32-19-13-28-18(12-29-19)22(23,24)25)8-4-11-30(14)21(31)16-7-3-2-6-15(16)20-26-9-5-10-27-20/h2-3,5-7,9-10,12-14,17H,4,8,11H2,1H3. The monoisotopic (exact) mass is 443 g/mol. The zero-order chi connectivity index (χ0) is 22.7. The Kier molecular flexibility index (Phi) is 6.02. The molecule has 1 saturated heterocycles. The maximum atomic E-state index is 13.4. The molecule has 7 nitrogen and oxygen atoms in total. The maximum absolute atomic E-state index is 13.4. The molecule has 3 heterocycles. The summed E-state index contributed by atoms with van der Waals surface area (Å²) in [5, 5.41) is 0. The second-order valence-corrected chi connectivity index (χ2v) is 7.39. The van der Waals surface area contributed by atoms with Crippen molar-refractivity contribution in [3.05, 3.63) is 66.4 Å². The molecule has 10 heteroatoms. The molecular weight excluding hydrogens is 423 g/mol. The van der Waals surface area contributed by atoms with Gasteiger partial charge in [0, 0.05) is 24.5 Å². The lowest BCUT2D eigenvalue weighted by atomic mass is 9.97. The van der Waals surface area contributed by atoms with E-state index in [1.54, 1.807) is 41.6 Å². The number of carbonyl (C=O) groups excluding carboxylic acids is 1. The van der Waals surface area contributed by atoms with E-state index in [0.29, 0.717) is 42.5 Å². The van der Waals surface area contributed by atoms with E-state index in [4.69, 9.17) is 4.74 Å². The van der Waals surface area contributed by atoms with Crippen molar-refractivity contribution in [1.29, 1.82) is 0 Å². The van der Waals surface area contributed by atoms with Crippen molar-refractivity contribution in [3.63, 3.8) is 0 Å². The number of hydrogen-bond donors (Lipinski definition) is 0. The normalized spacial score (nSPS) is 18.9. The molecule has 1 aromatic carbocycles. The molecule has 2 aromatic heterocycles. The minimum atomic E-state index is -4.57. The average Bonchev–Trinajstić information content (AvgIpc) is 2.80. The number of alkyl halides is 3. The van der Waals surface area contributed by atoms with Gasteiger partial charge in [0.15, 0.2) is 11.5 Å². The van der Waals surface area contributed by atoms with E-state index in [0.717, 1.165) is 6.20 Å². The second-order valence-electron chi connectivity index (χ2n) is 7.39. The van der Waals surface area contributed by atoms with E-state index >= 15 is 0 Å². The Morgan fingerprint density at radius 1 is 1.06 bits per heavy atom. The van der Waals surface area contributed by atoms with Crippen molar-refractivity contribution in [2.45, 2.75) is 38.1 Å². The van der Waals surface area contributed by atoms with Gasteiger partial charge in [-0.25, -0.2) is 19.9 Å². The fourth-order valence-corrected chi connectivity index (χ4v) is 3.69. The van der Waals surface area contributed by atoms with Crippen LogP contribution >= 0.6 is 0 Å². The Labute approximate surface area is 182 Å². The number of nitrogens with zero attached hydrogens (tertiary/aromatic N) is 5. The van der Waals surface area contributed by atoms with Crippen LogP contribution < -0.4 is 4.74 Å². The van der Waals surface area contributed by atoms with Gasteiger partial charge in [0.05, 0.1) is 24.0 Å². The summed E-state index contributed by atoms with van der Waals surface area (Å²) in [4.78, 5) is 30.7. The zero-order valence-electron chi connectivity index (χ0n) is 17.2. The fraction of sp³-hybridized carbons (Fsp3) is 0.318. The minimum Gasteiger partial charge on any atom is -0.471 e. The van der Waals surface area contributed by atoms with E-state index in [2.05, 4.69) is 19.9 Å². The van der Waals surface area contributed by atoms with Gasteiger partial charge in [-0.1, -0.05) is 18.2 Å². The van der Waals surface area contributed by atoms with Crippen LogP contribution in [0.1, 0.15) is 35.8 Å². The number of amides is 1. The van der Waals surface area contributed by atoms with Gasteiger partial charge in [-0.3, -0.25) is 4.79 Å². The van der Waals surface area contributed by atoms with Crippen LogP contribution in [0, 0.1) is 0 Å². The summed E-state index contributed by atoms with van der Waals surface area (Å²) < 4.78 is 43.9. The van der Waals surface area contributed by atoms with Crippen molar-refractivity contribution in [2.75, 3.05) is 6.54 Å². The smallest absolute Gasteiger partial charge is 0.434 e. The third kappa shape index (κ3) is 4.53. The summed E-state index contributed by atoms with van der Waals surface area (Å²) >= 11 is 0. The highest BCUT2D eigenvalue weighted by Crippen LogP contribution is 2.29. The van der Waals surface area contributed by atoms with Gasteiger partial charge in [0.25, 0.3) is 5.91 Å². The highest BCUT2D eigenvalue weighted by atomic mass is 19.4. The van der Waals surface area contributed by atoms with Crippen LogP contribution in [0.4, 0.5) is 13.2 Å². The number of ether oxygens (including phenoxy) is 1. The van der Waals surface area contributed by atoms with Crippen molar-refractivity contribution in [3.8, 4) is 17.3 Å². The topological polar surface area (TPSA) is 81.1 Å². The predicted molar refractivity (Wildman–Crippen MR) is 109 cm³/mol. The summed E-state index contributed by atoms with van der Waals surface area (Å²) in [6.07, 6.45) is 1.14. The number of rotatable bonds is 4. The Morgan fingerprint density at radius 3 is 2.50 bits per heavy atom. The van der Waals surface area contributed by atoms with E-state index in [-0.39, 0.29) is 17.8 Å². The Morgan fingerprint density at radius 2 is 1.81 bits per heavy atom. The van der Waals surface area contributed by atoms with Crippen molar-refractivity contribution < 1.29 is 22.7 Å². The number of benzene rings is 1. The van der Waals surface area contributed by atoms with Gasteiger partial charge >= 0.3 is 6.18 Å². The molecule has 0 bridgehead atoms. The van der Waals surface area contributed by atoms with Crippen LogP contribution in [-0.2, 0) is 6.18 Å².